The lowest BCUT2D eigenvalue weighted by atomic mass is 10.0. The van der Waals surface area contributed by atoms with E-state index >= 15 is 0 Å². The molecule has 1 unspecified atom stereocenters. The molecule has 1 aromatic carbocycles. The molecular weight excluding hydrogens is 230 g/mol. The zero-order valence-electron chi connectivity index (χ0n) is 11.2. The second-order valence-corrected chi connectivity index (χ2v) is 4.17. The van der Waals surface area contributed by atoms with Crippen LogP contribution < -0.4 is 10.5 Å². The fourth-order valence-corrected chi connectivity index (χ4v) is 1.74. The normalized spacial score (nSPS) is 12.4. The molecule has 0 radical (unpaired) electrons. The van der Waals surface area contributed by atoms with Gasteiger partial charge in [0.1, 0.15) is 5.75 Å². The Labute approximate surface area is 109 Å². The van der Waals surface area contributed by atoms with Crippen molar-refractivity contribution in [2.45, 2.75) is 18.9 Å². The van der Waals surface area contributed by atoms with Crippen LogP contribution in [-0.2, 0) is 15.9 Å². The SMILES string of the molecule is COCCOCCC(N)Cc1ccccc1OC. The molecule has 0 heterocycles. The van der Waals surface area contributed by atoms with Crippen LogP contribution in [0.1, 0.15) is 12.0 Å². The van der Waals surface area contributed by atoms with E-state index in [0.717, 1.165) is 24.2 Å². The summed E-state index contributed by atoms with van der Waals surface area (Å²) < 4.78 is 15.6. The molecule has 0 saturated heterocycles. The third-order valence-corrected chi connectivity index (χ3v) is 2.74. The third kappa shape index (κ3) is 5.49. The standard InChI is InChI=1S/C14H23NO3/c1-16-9-10-18-8-7-13(15)11-12-5-3-4-6-14(12)17-2/h3-6,13H,7-11,15H2,1-2H3. The van der Waals surface area contributed by atoms with Gasteiger partial charge in [-0.25, -0.2) is 0 Å². The van der Waals surface area contributed by atoms with E-state index < -0.39 is 0 Å². The van der Waals surface area contributed by atoms with Gasteiger partial charge in [-0.3, -0.25) is 0 Å². The van der Waals surface area contributed by atoms with Crippen LogP contribution in [0.5, 0.6) is 5.75 Å². The van der Waals surface area contributed by atoms with E-state index in [2.05, 4.69) is 0 Å². The Balaban J connectivity index is 2.28. The molecule has 1 atom stereocenters. The minimum Gasteiger partial charge on any atom is -0.496 e. The second kappa shape index (κ2) is 8.91. The van der Waals surface area contributed by atoms with Crippen LogP contribution in [0, 0.1) is 0 Å². The molecule has 0 aliphatic heterocycles. The van der Waals surface area contributed by atoms with Crippen LogP contribution in [0.25, 0.3) is 0 Å². The minimum atomic E-state index is 0.0869. The maximum Gasteiger partial charge on any atom is 0.122 e. The number of hydrogen-bond donors (Lipinski definition) is 1. The van der Waals surface area contributed by atoms with Crippen LogP contribution in [0.15, 0.2) is 24.3 Å². The van der Waals surface area contributed by atoms with Crippen molar-refractivity contribution in [2.75, 3.05) is 34.0 Å². The molecule has 0 bridgehead atoms. The molecule has 0 aliphatic carbocycles. The summed E-state index contributed by atoms with van der Waals surface area (Å²) in [5.74, 6) is 0.897. The Morgan fingerprint density at radius 2 is 1.89 bits per heavy atom. The van der Waals surface area contributed by atoms with E-state index in [1.165, 1.54) is 0 Å². The lowest BCUT2D eigenvalue weighted by Gasteiger charge is -2.14. The van der Waals surface area contributed by atoms with E-state index in [-0.39, 0.29) is 6.04 Å². The van der Waals surface area contributed by atoms with Crippen molar-refractivity contribution in [1.82, 2.24) is 0 Å². The zero-order valence-corrected chi connectivity index (χ0v) is 11.2. The largest absolute Gasteiger partial charge is 0.496 e. The van der Waals surface area contributed by atoms with Gasteiger partial charge in [0.05, 0.1) is 20.3 Å². The van der Waals surface area contributed by atoms with E-state index in [4.69, 9.17) is 19.9 Å². The van der Waals surface area contributed by atoms with Crippen LogP contribution >= 0.6 is 0 Å². The van der Waals surface area contributed by atoms with Crippen molar-refractivity contribution in [3.63, 3.8) is 0 Å². The van der Waals surface area contributed by atoms with Crippen LogP contribution in [-0.4, -0.2) is 40.1 Å². The molecule has 2 N–H and O–H groups in total. The predicted octanol–water partition coefficient (Wildman–Crippen LogP) is 1.62. The Hall–Kier alpha value is -1.10. The second-order valence-electron chi connectivity index (χ2n) is 4.17. The van der Waals surface area contributed by atoms with Crippen LogP contribution in [0.4, 0.5) is 0 Å². The zero-order chi connectivity index (χ0) is 13.2. The van der Waals surface area contributed by atoms with Crippen molar-refractivity contribution in [3.05, 3.63) is 29.8 Å². The fraction of sp³-hybridized carbons (Fsp3) is 0.571. The first kappa shape index (κ1) is 15.0. The quantitative estimate of drug-likeness (QED) is 0.679. The molecule has 0 spiro atoms. The van der Waals surface area contributed by atoms with E-state index in [1.807, 2.05) is 24.3 Å². The Kier molecular flexibility index (Phi) is 7.41. The maximum absolute atomic E-state index is 6.08. The summed E-state index contributed by atoms with van der Waals surface area (Å²) in [6, 6.07) is 8.05. The fourth-order valence-electron chi connectivity index (χ4n) is 1.74. The lowest BCUT2D eigenvalue weighted by molar-refractivity contribution is 0.0672. The van der Waals surface area contributed by atoms with Gasteiger partial charge in [-0.1, -0.05) is 18.2 Å². The van der Waals surface area contributed by atoms with Crippen molar-refractivity contribution < 1.29 is 14.2 Å². The molecule has 0 fully saturated rings. The molecule has 0 amide bonds. The number of ether oxygens (including phenoxy) is 3. The summed E-state index contributed by atoms with van der Waals surface area (Å²) in [6.07, 6.45) is 1.64. The van der Waals surface area contributed by atoms with Gasteiger partial charge in [0, 0.05) is 19.8 Å². The van der Waals surface area contributed by atoms with Gasteiger partial charge < -0.3 is 19.9 Å². The number of benzene rings is 1. The lowest BCUT2D eigenvalue weighted by Crippen LogP contribution is -2.25. The number of para-hydroxylation sites is 1. The van der Waals surface area contributed by atoms with Gasteiger partial charge >= 0.3 is 0 Å². The predicted molar refractivity (Wildman–Crippen MR) is 72.0 cm³/mol. The monoisotopic (exact) mass is 253 g/mol. The molecule has 1 rings (SSSR count). The highest BCUT2D eigenvalue weighted by atomic mass is 16.5. The summed E-state index contributed by atoms with van der Waals surface area (Å²) >= 11 is 0. The number of rotatable bonds is 9. The van der Waals surface area contributed by atoms with Crippen LogP contribution in [0.3, 0.4) is 0 Å². The highest BCUT2D eigenvalue weighted by Crippen LogP contribution is 2.19. The molecule has 102 valence electrons. The summed E-state index contributed by atoms with van der Waals surface area (Å²) in [7, 11) is 3.34. The van der Waals surface area contributed by atoms with Crippen LogP contribution in [0.2, 0.25) is 0 Å². The van der Waals surface area contributed by atoms with Gasteiger partial charge in [0.15, 0.2) is 0 Å². The van der Waals surface area contributed by atoms with E-state index in [0.29, 0.717) is 19.8 Å². The highest BCUT2D eigenvalue weighted by Gasteiger charge is 2.08. The molecule has 18 heavy (non-hydrogen) atoms. The van der Waals surface area contributed by atoms with Gasteiger partial charge in [-0.2, -0.15) is 0 Å². The van der Waals surface area contributed by atoms with Gasteiger partial charge in [-0.15, -0.1) is 0 Å². The smallest absolute Gasteiger partial charge is 0.122 e. The minimum absolute atomic E-state index is 0.0869. The Bertz CT molecular complexity index is 331. The highest BCUT2D eigenvalue weighted by molar-refractivity contribution is 5.33. The van der Waals surface area contributed by atoms with Crippen molar-refractivity contribution in [1.29, 1.82) is 0 Å². The molecule has 1 aromatic rings. The number of methoxy groups -OCH3 is 2. The molecule has 4 heteroatoms. The Morgan fingerprint density at radius 3 is 2.61 bits per heavy atom. The summed E-state index contributed by atoms with van der Waals surface area (Å²) in [4.78, 5) is 0. The molecule has 4 nitrogen and oxygen atoms in total. The average Bonchev–Trinajstić information content (AvgIpc) is 2.39. The first-order valence-corrected chi connectivity index (χ1v) is 6.22. The summed E-state index contributed by atoms with van der Waals surface area (Å²) in [6.45, 7) is 1.92. The topological polar surface area (TPSA) is 53.7 Å². The van der Waals surface area contributed by atoms with Gasteiger partial charge in [0.25, 0.3) is 0 Å². The summed E-state index contributed by atoms with van der Waals surface area (Å²) in [5, 5.41) is 0. The third-order valence-electron chi connectivity index (χ3n) is 2.74. The molecule has 0 saturated carbocycles. The Morgan fingerprint density at radius 1 is 1.11 bits per heavy atom. The average molecular weight is 253 g/mol. The number of nitrogens with two attached hydrogens (primary N) is 1. The first-order valence-electron chi connectivity index (χ1n) is 6.22. The first-order chi connectivity index (χ1) is 8.77. The van der Waals surface area contributed by atoms with Gasteiger partial charge in [-0.05, 0) is 24.5 Å². The van der Waals surface area contributed by atoms with E-state index in [1.54, 1.807) is 14.2 Å². The summed E-state index contributed by atoms with van der Waals surface area (Å²) in [5.41, 5.74) is 7.22. The molecule has 0 aromatic heterocycles. The number of hydrogen-bond acceptors (Lipinski definition) is 4. The van der Waals surface area contributed by atoms with Gasteiger partial charge in [0.2, 0.25) is 0 Å². The van der Waals surface area contributed by atoms with E-state index in [9.17, 15) is 0 Å². The molecular formula is C14H23NO3. The van der Waals surface area contributed by atoms with Crippen molar-refractivity contribution in [3.8, 4) is 5.75 Å². The van der Waals surface area contributed by atoms with Crippen molar-refractivity contribution in [2.24, 2.45) is 5.73 Å². The van der Waals surface area contributed by atoms with Crippen molar-refractivity contribution >= 4 is 0 Å². The maximum atomic E-state index is 6.08. The molecule has 0 aliphatic rings.